The van der Waals surface area contributed by atoms with E-state index in [0.29, 0.717) is 16.7 Å². The SMILES string of the molecule is O=C(O)c1cncc2c1cnn2-c1cc(I)ccn1. The first kappa shape index (κ1) is 12.0. The Morgan fingerprint density at radius 1 is 1.32 bits per heavy atom. The van der Waals surface area contributed by atoms with Crippen molar-refractivity contribution in [1.29, 1.82) is 0 Å². The van der Waals surface area contributed by atoms with Gasteiger partial charge in [0, 0.05) is 21.4 Å². The Hall–Kier alpha value is -2.03. The van der Waals surface area contributed by atoms with Gasteiger partial charge in [0.1, 0.15) is 0 Å². The van der Waals surface area contributed by atoms with Crippen molar-refractivity contribution in [3.63, 3.8) is 0 Å². The molecule has 7 heteroatoms. The number of pyridine rings is 2. The summed E-state index contributed by atoms with van der Waals surface area (Å²) in [6.45, 7) is 0. The van der Waals surface area contributed by atoms with Crippen LogP contribution in [0.4, 0.5) is 0 Å². The number of halogens is 1. The summed E-state index contributed by atoms with van der Waals surface area (Å²) in [6.07, 6.45) is 6.09. The maximum Gasteiger partial charge on any atom is 0.338 e. The Bertz CT molecular complexity index is 784. The van der Waals surface area contributed by atoms with Crippen molar-refractivity contribution in [2.45, 2.75) is 0 Å². The van der Waals surface area contributed by atoms with Crippen LogP contribution in [0.3, 0.4) is 0 Å². The van der Waals surface area contributed by atoms with E-state index in [-0.39, 0.29) is 5.56 Å². The number of rotatable bonds is 2. The Kier molecular flexibility index (Phi) is 2.90. The number of carbonyl (C=O) groups is 1. The number of carboxylic acid groups (broad SMARTS) is 1. The minimum atomic E-state index is -1.02. The van der Waals surface area contributed by atoms with Crippen molar-refractivity contribution >= 4 is 39.5 Å². The van der Waals surface area contributed by atoms with Crippen LogP contribution in [-0.4, -0.2) is 30.8 Å². The normalized spacial score (nSPS) is 10.8. The summed E-state index contributed by atoms with van der Waals surface area (Å²) in [7, 11) is 0. The van der Waals surface area contributed by atoms with E-state index in [1.165, 1.54) is 12.4 Å². The van der Waals surface area contributed by atoms with Crippen LogP contribution in [0, 0.1) is 3.57 Å². The summed E-state index contributed by atoms with van der Waals surface area (Å²) in [6, 6.07) is 3.73. The molecule has 0 saturated carbocycles. The number of fused-ring (bicyclic) bond motifs is 1. The van der Waals surface area contributed by atoms with E-state index >= 15 is 0 Å². The summed E-state index contributed by atoms with van der Waals surface area (Å²) in [5.74, 6) is -0.389. The molecule has 0 spiro atoms. The number of carboxylic acids is 1. The first-order valence-electron chi connectivity index (χ1n) is 5.34. The van der Waals surface area contributed by atoms with E-state index in [9.17, 15) is 4.79 Å². The molecule has 0 radical (unpaired) electrons. The van der Waals surface area contributed by atoms with Crippen molar-refractivity contribution < 1.29 is 9.90 Å². The molecule has 3 heterocycles. The maximum atomic E-state index is 11.1. The van der Waals surface area contributed by atoms with E-state index in [1.807, 2.05) is 12.1 Å². The molecule has 0 aromatic carbocycles. The Morgan fingerprint density at radius 2 is 2.16 bits per heavy atom. The molecule has 0 aliphatic carbocycles. The standard InChI is InChI=1S/C12H7IN4O2/c13-7-1-2-15-11(3-7)17-10-6-14-4-9(12(18)19)8(10)5-16-17/h1-6H,(H,18,19). The van der Waals surface area contributed by atoms with Crippen LogP contribution in [0.25, 0.3) is 16.7 Å². The third kappa shape index (κ3) is 2.05. The van der Waals surface area contributed by atoms with Gasteiger partial charge in [0.05, 0.1) is 23.5 Å². The Morgan fingerprint density at radius 3 is 2.89 bits per heavy atom. The summed E-state index contributed by atoms with van der Waals surface area (Å²) in [4.78, 5) is 19.3. The van der Waals surface area contributed by atoms with Crippen molar-refractivity contribution in [2.24, 2.45) is 0 Å². The lowest BCUT2D eigenvalue weighted by atomic mass is 10.2. The molecule has 0 fully saturated rings. The summed E-state index contributed by atoms with van der Waals surface area (Å²) in [5.41, 5.74) is 0.753. The molecule has 0 aliphatic rings. The predicted octanol–water partition coefficient (Wildman–Crippen LogP) is 2.12. The fraction of sp³-hybridized carbons (Fsp3) is 0. The van der Waals surface area contributed by atoms with Crippen molar-refractivity contribution in [2.75, 3.05) is 0 Å². The number of nitrogens with zero attached hydrogens (tertiary/aromatic N) is 4. The van der Waals surface area contributed by atoms with E-state index < -0.39 is 5.97 Å². The van der Waals surface area contributed by atoms with Crippen LogP contribution in [0.2, 0.25) is 0 Å². The highest BCUT2D eigenvalue weighted by molar-refractivity contribution is 14.1. The second-order valence-electron chi connectivity index (χ2n) is 3.81. The van der Waals surface area contributed by atoms with Crippen LogP contribution in [-0.2, 0) is 0 Å². The van der Waals surface area contributed by atoms with Crippen LogP contribution in [0.1, 0.15) is 10.4 Å². The molecule has 3 rings (SSSR count). The number of hydrogen-bond acceptors (Lipinski definition) is 4. The van der Waals surface area contributed by atoms with Gasteiger partial charge >= 0.3 is 5.97 Å². The average molecular weight is 366 g/mol. The van der Waals surface area contributed by atoms with Crippen LogP contribution >= 0.6 is 22.6 Å². The first-order chi connectivity index (χ1) is 9.16. The number of aromatic carboxylic acids is 1. The molecule has 0 saturated heterocycles. The molecule has 0 atom stereocenters. The highest BCUT2D eigenvalue weighted by Gasteiger charge is 2.14. The van der Waals surface area contributed by atoms with E-state index in [2.05, 4.69) is 37.7 Å². The molecule has 0 aliphatic heterocycles. The topological polar surface area (TPSA) is 80.9 Å². The van der Waals surface area contributed by atoms with E-state index in [4.69, 9.17) is 5.11 Å². The lowest BCUT2D eigenvalue weighted by Gasteiger charge is -2.03. The van der Waals surface area contributed by atoms with E-state index in [0.717, 1.165) is 3.57 Å². The smallest absolute Gasteiger partial charge is 0.338 e. The monoisotopic (exact) mass is 366 g/mol. The second-order valence-corrected chi connectivity index (χ2v) is 5.06. The molecule has 1 N–H and O–H groups in total. The summed E-state index contributed by atoms with van der Waals surface area (Å²) in [5, 5.41) is 13.9. The third-order valence-corrected chi connectivity index (χ3v) is 3.32. The zero-order valence-corrected chi connectivity index (χ0v) is 11.6. The van der Waals surface area contributed by atoms with Gasteiger partial charge in [-0.25, -0.2) is 14.5 Å². The van der Waals surface area contributed by atoms with Gasteiger partial charge in [-0.3, -0.25) is 4.98 Å². The molecule has 94 valence electrons. The maximum absolute atomic E-state index is 11.1. The minimum absolute atomic E-state index is 0.134. The zero-order chi connectivity index (χ0) is 13.4. The van der Waals surface area contributed by atoms with Gasteiger partial charge in [0.2, 0.25) is 0 Å². The fourth-order valence-electron chi connectivity index (χ4n) is 1.80. The molecular formula is C12H7IN4O2. The Labute approximate surface area is 121 Å². The van der Waals surface area contributed by atoms with E-state index in [1.54, 1.807) is 17.1 Å². The zero-order valence-electron chi connectivity index (χ0n) is 9.49. The Balaban J connectivity index is 2.27. The molecule has 19 heavy (non-hydrogen) atoms. The first-order valence-corrected chi connectivity index (χ1v) is 6.41. The second kappa shape index (κ2) is 4.57. The molecular weight excluding hydrogens is 359 g/mol. The predicted molar refractivity (Wildman–Crippen MR) is 76.3 cm³/mol. The van der Waals surface area contributed by atoms with Crippen LogP contribution in [0.5, 0.6) is 0 Å². The molecule has 0 amide bonds. The van der Waals surface area contributed by atoms with Gasteiger partial charge in [-0.15, -0.1) is 0 Å². The fourth-order valence-corrected chi connectivity index (χ4v) is 2.24. The lowest BCUT2D eigenvalue weighted by molar-refractivity contribution is 0.0698. The quantitative estimate of drug-likeness (QED) is 0.703. The molecule has 3 aromatic rings. The van der Waals surface area contributed by atoms with Gasteiger partial charge in [-0.05, 0) is 34.7 Å². The van der Waals surface area contributed by atoms with Crippen LogP contribution in [0.15, 0.2) is 36.9 Å². The van der Waals surface area contributed by atoms with Gasteiger partial charge in [-0.1, -0.05) is 0 Å². The van der Waals surface area contributed by atoms with Gasteiger partial charge in [-0.2, -0.15) is 5.10 Å². The number of hydrogen-bond donors (Lipinski definition) is 1. The summed E-state index contributed by atoms with van der Waals surface area (Å²) >= 11 is 2.18. The van der Waals surface area contributed by atoms with Crippen molar-refractivity contribution in [3.8, 4) is 5.82 Å². The highest BCUT2D eigenvalue weighted by Crippen LogP contribution is 2.20. The van der Waals surface area contributed by atoms with Crippen LogP contribution < -0.4 is 0 Å². The number of aromatic nitrogens is 4. The minimum Gasteiger partial charge on any atom is -0.478 e. The lowest BCUT2D eigenvalue weighted by Crippen LogP contribution is -2.01. The molecule has 0 bridgehead atoms. The largest absolute Gasteiger partial charge is 0.478 e. The summed E-state index contributed by atoms with van der Waals surface area (Å²) < 4.78 is 2.60. The van der Waals surface area contributed by atoms with Gasteiger partial charge < -0.3 is 5.11 Å². The highest BCUT2D eigenvalue weighted by atomic mass is 127. The van der Waals surface area contributed by atoms with Gasteiger partial charge in [0.25, 0.3) is 0 Å². The molecule has 0 unspecified atom stereocenters. The third-order valence-electron chi connectivity index (χ3n) is 2.65. The van der Waals surface area contributed by atoms with Crippen molar-refractivity contribution in [3.05, 3.63) is 46.1 Å². The molecule has 6 nitrogen and oxygen atoms in total. The van der Waals surface area contributed by atoms with Gasteiger partial charge in [0.15, 0.2) is 5.82 Å². The molecule has 3 aromatic heterocycles. The van der Waals surface area contributed by atoms with Crippen molar-refractivity contribution in [1.82, 2.24) is 19.7 Å². The average Bonchev–Trinajstić information content (AvgIpc) is 2.82.